The van der Waals surface area contributed by atoms with E-state index in [1.165, 1.54) is 0 Å². The number of H-pyrrole nitrogens is 1. The third-order valence-electron chi connectivity index (χ3n) is 5.10. The zero-order valence-corrected chi connectivity index (χ0v) is 18.3. The van der Waals surface area contributed by atoms with E-state index in [0.29, 0.717) is 18.8 Å². The van der Waals surface area contributed by atoms with Crippen LogP contribution in [0.5, 0.6) is 11.6 Å². The summed E-state index contributed by atoms with van der Waals surface area (Å²) >= 11 is 0. The Hall–Kier alpha value is -4.23. The topological polar surface area (TPSA) is 129 Å². The molecule has 0 radical (unpaired) electrons. The summed E-state index contributed by atoms with van der Waals surface area (Å²) in [7, 11) is 0. The molecule has 2 heterocycles. The highest BCUT2D eigenvalue weighted by Gasteiger charge is 2.38. The Morgan fingerprint density at radius 2 is 1.44 bits per heavy atom. The molecule has 1 aliphatic rings. The first kappa shape index (κ1) is 26.4. The second kappa shape index (κ2) is 10.6. The summed E-state index contributed by atoms with van der Waals surface area (Å²) in [5, 5.41) is 25.5. The molecular formula is C22H19F5N4O5. The van der Waals surface area contributed by atoms with E-state index >= 15 is 0 Å². The van der Waals surface area contributed by atoms with Gasteiger partial charge in [-0.3, -0.25) is 0 Å². The van der Waals surface area contributed by atoms with E-state index in [9.17, 15) is 26.7 Å². The van der Waals surface area contributed by atoms with Gasteiger partial charge in [-0.25, -0.2) is 23.5 Å². The number of hydrogen-bond acceptors (Lipinski definition) is 6. The van der Waals surface area contributed by atoms with Crippen LogP contribution in [0, 0.1) is 0 Å². The molecule has 0 aliphatic carbocycles. The molecule has 14 heteroatoms. The van der Waals surface area contributed by atoms with Gasteiger partial charge in [-0.2, -0.15) is 13.2 Å². The summed E-state index contributed by atoms with van der Waals surface area (Å²) in [6.45, 7) is 0.692. The van der Waals surface area contributed by atoms with Gasteiger partial charge >= 0.3 is 18.1 Å². The number of hydrogen-bond donors (Lipinski definition) is 3. The van der Waals surface area contributed by atoms with Gasteiger partial charge in [-0.05, 0) is 35.4 Å². The monoisotopic (exact) mass is 514 g/mol. The van der Waals surface area contributed by atoms with Gasteiger partial charge in [-0.15, -0.1) is 0 Å². The maximum atomic E-state index is 13.3. The highest BCUT2D eigenvalue weighted by Crippen LogP contribution is 2.32. The molecule has 192 valence electrons. The Balaban J connectivity index is 0.000000454. The van der Waals surface area contributed by atoms with E-state index in [0.717, 1.165) is 16.8 Å². The first-order valence-electron chi connectivity index (χ1n) is 10.3. The van der Waals surface area contributed by atoms with Crippen LogP contribution in [0.25, 0.3) is 11.1 Å². The standard InChI is InChI=1S/C20H18F2N4O3.C2HF3O2/c21-20(22)9-11-26(12-10-20)15-5-1-13(2-6-15)14-3-7-16(8-4-14)29-18-17(19(27)28)23-25-24-18;3-2(4,5)1(6)7/h1-8H,9-12H2,(H,27,28)(H,23,24,25);(H,6,7). The maximum absolute atomic E-state index is 13.3. The van der Waals surface area contributed by atoms with E-state index in [1.807, 2.05) is 41.3 Å². The van der Waals surface area contributed by atoms with Gasteiger partial charge < -0.3 is 19.8 Å². The number of carboxylic acid groups (broad SMARTS) is 2. The van der Waals surface area contributed by atoms with Crippen LogP contribution in [0.3, 0.4) is 0 Å². The van der Waals surface area contributed by atoms with Gasteiger partial charge in [0, 0.05) is 31.6 Å². The molecule has 0 saturated carbocycles. The summed E-state index contributed by atoms with van der Waals surface area (Å²) in [5.41, 5.74) is 2.61. The molecule has 0 spiro atoms. The summed E-state index contributed by atoms with van der Waals surface area (Å²) in [5.74, 6) is -6.21. The van der Waals surface area contributed by atoms with Crippen LogP contribution in [-0.4, -0.2) is 62.8 Å². The van der Waals surface area contributed by atoms with Gasteiger partial charge in [0.15, 0.2) is 0 Å². The van der Waals surface area contributed by atoms with Crippen molar-refractivity contribution in [2.75, 3.05) is 18.0 Å². The number of piperidine rings is 1. The first-order chi connectivity index (χ1) is 16.9. The molecular weight excluding hydrogens is 495 g/mol. The highest BCUT2D eigenvalue weighted by molar-refractivity contribution is 5.87. The number of aromatic nitrogens is 3. The third-order valence-corrected chi connectivity index (χ3v) is 5.10. The molecule has 1 fully saturated rings. The zero-order chi connectivity index (χ0) is 26.5. The van der Waals surface area contributed by atoms with E-state index in [-0.39, 0.29) is 24.4 Å². The molecule has 4 rings (SSSR count). The zero-order valence-electron chi connectivity index (χ0n) is 18.3. The number of benzene rings is 2. The van der Waals surface area contributed by atoms with E-state index < -0.39 is 24.0 Å². The van der Waals surface area contributed by atoms with Gasteiger partial charge in [0.2, 0.25) is 5.69 Å². The lowest BCUT2D eigenvalue weighted by Crippen LogP contribution is -2.39. The summed E-state index contributed by atoms with van der Waals surface area (Å²) < 4.78 is 63.8. The van der Waals surface area contributed by atoms with Crippen LogP contribution in [0.15, 0.2) is 48.5 Å². The minimum atomic E-state index is -5.08. The number of aliphatic carboxylic acids is 1. The molecule has 1 saturated heterocycles. The Morgan fingerprint density at radius 1 is 0.944 bits per heavy atom. The molecule has 36 heavy (non-hydrogen) atoms. The van der Waals surface area contributed by atoms with Crippen LogP contribution in [0.1, 0.15) is 23.3 Å². The smallest absolute Gasteiger partial charge is 0.476 e. The lowest BCUT2D eigenvalue weighted by atomic mass is 10.0. The quantitative estimate of drug-likeness (QED) is 0.413. The molecule has 1 aromatic heterocycles. The summed E-state index contributed by atoms with van der Waals surface area (Å²) in [4.78, 5) is 21.9. The number of ether oxygens (including phenoxy) is 1. The Kier molecular flexibility index (Phi) is 7.75. The minimum Gasteiger partial charge on any atom is -0.476 e. The van der Waals surface area contributed by atoms with E-state index in [2.05, 4.69) is 15.4 Å². The van der Waals surface area contributed by atoms with Crippen LogP contribution in [0.2, 0.25) is 0 Å². The first-order valence-corrected chi connectivity index (χ1v) is 10.3. The van der Waals surface area contributed by atoms with Crippen LogP contribution < -0.4 is 9.64 Å². The van der Waals surface area contributed by atoms with Crippen molar-refractivity contribution >= 4 is 17.6 Å². The van der Waals surface area contributed by atoms with Gasteiger partial charge in [-0.1, -0.05) is 34.6 Å². The Labute approximate surface area is 200 Å². The fraction of sp³-hybridized carbons (Fsp3) is 0.273. The number of halogens is 5. The molecule has 9 nitrogen and oxygen atoms in total. The van der Waals surface area contributed by atoms with Crippen LogP contribution in [-0.2, 0) is 4.79 Å². The van der Waals surface area contributed by atoms with Crippen molar-refractivity contribution in [2.24, 2.45) is 0 Å². The minimum absolute atomic E-state index is 0.110. The predicted octanol–water partition coefficient (Wildman–Crippen LogP) is 4.83. The van der Waals surface area contributed by atoms with Crippen molar-refractivity contribution in [1.82, 2.24) is 15.4 Å². The number of carboxylic acids is 2. The fourth-order valence-electron chi connectivity index (χ4n) is 3.21. The second-order valence-electron chi connectivity index (χ2n) is 7.62. The molecule has 0 atom stereocenters. The van der Waals surface area contributed by atoms with Crippen molar-refractivity contribution in [2.45, 2.75) is 24.9 Å². The van der Waals surface area contributed by atoms with E-state index in [1.54, 1.807) is 12.1 Å². The number of nitrogens with zero attached hydrogens (tertiary/aromatic N) is 3. The summed E-state index contributed by atoms with van der Waals surface area (Å²) in [6.07, 6.45) is -5.32. The van der Waals surface area contributed by atoms with Gasteiger partial charge in [0.1, 0.15) is 5.75 Å². The number of aromatic amines is 1. The maximum Gasteiger partial charge on any atom is 0.490 e. The average molecular weight is 514 g/mol. The molecule has 0 bridgehead atoms. The van der Waals surface area contributed by atoms with Crippen molar-refractivity contribution < 1.29 is 46.5 Å². The van der Waals surface area contributed by atoms with Crippen molar-refractivity contribution in [3.8, 4) is 22.8 Å². The van der Waals surface area contributed by atoms with Crippen LogP contribution in [0.4, 0.5) is 27.6 Å². The lowest BCUT2D eigenvalue weighted by molar-refractivity contribution is -0.192. The predicted molar refractivity (Wildman–Crippen MR) is 115 cm³/mol. The average Bonchev–Trinajstić information content (AvgIpc) is 3.28. The van der Waals surface area contributed by atoms with Gasteiger partial charge in [0.25, 0.3) is 11.8 Å². The Bertz CT molecular complexity index is 1190. The molecule has 1 aliphatic heterocycles. The van der Waals surface area contributed by atoms with Crippen molar-refractivity contribution in [3.63, 3.8) is 0 Å². The summed E-state index contributed by atoms with van der Waals surface area (Å²) in [6, 6.07) is 14.8. The van der Waals surface area contributed by atoms with Crippen LogP contribution >= 0.6 is 0 Å². The molecule has 0 amide bonds. The largest absolute Gasteiger partial charge is 0.490 e. The van der Waals surface area contributed by atoms with E-state index in [4.69, 9.17) is 19.7 Å². The lowest BCUT2D eigenvalue weighted by Gasteiger charge is -2.33. The SMILES string of the molecule is O=C(O)C(F)(F)F.O=C(O)c1[nH]nnc1Oc1ccc(-c2ccc(N3CCC(F)(F)CC3)cc2)cc1. The number of anilines is 1. The number of carbonyl (C=O) groups is 2. The fourth-order valence-corrected chi connectivity index (χ4v) is 3.21. The Morgan fingerprint density at radius 3 is 1.92 bits per heavy atom. The molecule has 2 aromatic carbocycles. The van der Waals surface area contributed by atoms with Crippen molar-refractivity contribution in [1.29, 1.82) is 0 Å². The number of nitrogens with one attached hydrogen (secondary N) is 1. The molecule has 3 N–H and O–H groups in total. The molecule has 0 unspecified atom stereocenters. The van der Waals surface area contributed by atoms with Crippen molar-refractivity contribution in [3.05, 3.63) is 54.2 Å². The highest BCUT2D eigenvalue weighted by atomic mass is 19.4. The number of rotatable bonds is 5. The van der Waals surface area contributed by atoms with Gasteiger partial charge in [0.05, 0.1) is 0 Å². The third kappa shape index (κ3) is 6.90. The number of aromatic carboxylic acids is 1. The molecule has 3 aromatic rings. The normalized spacial score (nSPS) is 15.0. The number of alkyl halides is 5. The second-order valence-corrected chi connectivity index (χ2v) is 7.62.